The van der Waals surface area contributed by atoms with Crippen LogP contribution in [0.25, 0.3) is 0 Å². The third-order valence-electron chi connectivity index (χ3n) is 3.87. The van der Waals surface area contributed by atoms with Crippen molar-refractivity contribution >= 4 is 12.1 Å². The van der Waals surface area contributed by atoms with E-state index >= 15 is 0 Å². The van der Waals surface area contributed by atoms with Crippen molar-refractivity contribution in [3.8, 4) is 5.75 Å². The van der Waals surface area contributed by atoms with Crippen molar-refractivity contribution in [2.24, 2.45) is 5.10 Å². The molecule has 0 atom stereocenters. The van der Waals surface area contributed by atoms with E-state index in [-0.39, 0.29) is 11.7 Å². The van der Waals surface area contributed by atoms with Crippen molar-refractivity contribution in [1.82, 2.24) is 5.43 Å². The monoisotopic (exact) mass is 362 g/mol. The molecule has 3 rings (SSSR count). The van der Waals surface area contributed by atoms with Crippen molar-refractivity contribution < 1.29 is 13.9 Å². The van der Waals surface area contributed by atoms with Gasteiger partial charge in [0, 0.05) is 5.56 Å². The molecule has 0 aliphatic carbocycles. The number of carbonyl (C=O) groups is 1. The highest BCUT2D eigenvalue weighted by Gasteiger charge is 2.04. The Morgan fingerprint density at radius 1 is 1.07 bits per heavy atom. The van der Waals surface area contributed by atoms with Gasteiger partial charge < -0.3 is 4.74 Å². The number of carbonyl (C=O) groups excluding carboxylic acids is 1. The zero-order chi connectivity index (χ0) is 19.1. The number of hydrogen-bond acceptors (Lipinski definition) is 3. The fourth-order valence-electron chi connectivity index (χ4n) is 2.37. The molecule has 0 spiro atoms. The van der Waals surface area contributed by atoms with E-state index in [0.29, 0.717) is 23.5 Å². The summed E-state index contributed by atoms with van der Waals surface area (Å²) in [5.74, 6) is -0.0328. The number of benzene rings is 3. The largest absolute Gasteiger partial charge is 0.489 e. The van der Waals surface area contributed by atoms with Crippen LogP contribution >= 0.6 is 0 Å². The molecule has 4 nitrogen and oxygen atoms in total. The molecule has 27 heavy (non-hydrogen) atoms. The third kappa shape index (κ3) is 5.51. The molecule has 0 saturated heterocycles. The summed E-state index contributed by atoms with van der Waals surface area (Å²) in [7, 11) is 0. The van der Waals surface area contributed by atoms with Gasteiger partial charge in [0.15, 0.2) is 0 Å². The van der Waals surface area contributed by atoms with Crippen LogP contribution in [0.1, 0.15) is 27.0 Å². The second-order valence-corrected chi connectivity index (χ2v) is 6.05. The van der Waals surface area contributed by atoms with Crippen LogP contribution in [-0.4, -0.2) is 12.1 Å². The summed E-state index contributed by atoms with van der Waals surface area (Å²) in [5.41, 5.74) is 5.72. The van der Waals surface area contributed by atoms with Gasteiger partial charge in [-0.2, -0.15) is 5.10 Å². The van der Waals surface area contributed by atoms with Gasteiger partial charge in [-0.25, -0.2) is 9.82 Å². The zero-order valence-corrected chi connectivity index (χ0v) is 14.9. The fraction of sp³-hybridized carbons (Fsp3) is 0.0909. The van der Waals surface area contributed by atoms with Gasteiger partial charge in [-0.15, -0.1) is 0 Å². The summed E-state index contributed by atoms with van der Waals surface area (Å²) in [6, 6.07) is 20.9. The summed E-state index contributed by atoms with van der Waals surface area (Å²) in [6.07, 6.45) is 1.39. The van der Waals surface area contributed by atoms with E-state index in [2.05, 4.69) is 10.5 Å². The van der Waals surface area contributed by atoms with Crippen molar-refractivity contribution in [3.63, 3.8) is 0 Å². The van der Waals surface area contributed by atoms with Crippen molar-refractivity contribution in [2.45, 2.75) is 13.5 Å². The van der Waals surface area contributed by atoms with Crippen molar-refractivity contribution in [1.29, 1.82) is 0 Å². The molecule has 0 aliphatic heterocycles. The maximum Gasteiger partial charge on any atom is 0.271 e. The standard InChI is InChI=1S/C22H19FN2O2/c1-16-5-7-17(8-6-16)15-27-21-11-9-19(10-12-21)22(26)25-24-14-18-3-2-4-20(23)13-18/h2-14H,15H2,1H3,(H,25,26)/b24-14+. The fourth-order valence-corrected chi connectivity index (χ4v) is 2.37. The number of nitrogens with zero attached hydrogens (tertiary/aromatic N) is 1. The molecule has 0 radical (unpaired) electrons. The van der Waals surface area contributed by atoms with Gasteiger partial charge in [-0.3, -0.25) is 4.79 Å². The lowest BCUT2D eigenvalue weighted by atomic mass is 10.2. The summed E-state index contributed by atoms with van der Waals surface area (Å²) < 4.78 is 18.8. The van der Waals surface area contributed by atoms with Crippen molar-refractivity contribution in [3.05, 3.63) is 101 Å². The summed E-state index contributed by atoms with van der Waals surface area (Å²) in [5, 5.41) is 3.84. The van der Waals surface area contributed by atoms with Crippen LogP contribution in [0.3, 0.4) is 0 Å². The Kier molecular flexibility index (Phi) is 5.94. The lowest BCUT2D eigenvalue weighted by Gasteiger charge is -2.07. The number of ether oxygens (including phenoxy) is 1. The van der Waals surface area contributed by atoms with E-state index in [1.54, 1.807) is 36.4 Å². The SMILES string of the molecule is Cc1ccc(COc2ccc(C(=O)N/N=C/c3cccc(F)c3)cc2)cc1. The zero-order valence-electron chi connectivity index (χ0n) is 14.9. The minimum absolute atomic E-state index is 0.354. The van der Waals surface area contributed by atoms with Gasteiger partial charge in [-0.1, -0.05) is 42.0 Å². The number of nitrogens with one attached hydrogen (secondary N) is 1. The number of aryl methyl sites for hydroxylation is 1. The first-order valence-electron chi connectivity index (χ1n) is 8.47. The highest BCUT2D eigenvalue weighted by molar-refractivity contribution is 5.94. The average molecular weight is 362 g/mol. The third-order valence-corrected chi connectivity index (χ3v) is 3.87. The second kappa shape index (κ2) is 8.76. The number of hydrazone groups is 1. The molecular weight excluding hydrogens is 343 g/mol. The van der Waals surface area contributed by atoms with Crippen LogP contribution in [0.15, 0.2) is 77.9 Å². The van der Waals surface area contributed by atoms with Crippen LogP contribution in [0.5, 0.6) is 5.75 Å². The molecule has 0 unspecified atom stereocenters. The minimum Gasteiger partial charge on any atom is -0.489 e. The molecule has 0 bridgehead atoms. The lowest BCUT2D eigenvalue weighted by molar-refractivity contribution is 0.0955. The van der Waals surface area contributed by atoms with Gasteiger partial charge in [0.2, 0.25) is 0 Å². The first-order chi connectivity index (χ1) is 13.1. The highest BCUT2D eigenvalue weighted by atomic mass is 19.1. The molecule has 136 valence electrons. The second-order valence-electron chi connectivity index (χ2n) is 6.05. The van der Waals surface area contributed by atoms with E-state index in [1.807, 2.05) is 31.2 Å². The number of rotatable bonds is 6. The van der Waals surface area contributed by atoms with Crippen LogP contribution in [0, 0.1) is 12.7 Å². The first kappa shape index (κ1) is 18.3. The maximum atomic E-state index is 13.1. The predicted molar refractivity (Wildman–Crippen MR) is 103 cm³/mol. The normalized spacial score (nSPS) is 10.7. The number of halogens is 1. The maximum absolute atomic E-state index is 13.1. The molecule has 3 aromatic carbocycles. The van der Waals surface area contributed by atoms with Gasteiger partial charge in [-0.05, 0) is 54.4 Å². The van der Waals surface area contributed by atoms with E-state index in [9.17, 15) is 9.18 Å². The van der Waals surface area contributed by atoms with Gasteiger partial charge in [0.05, 0.1) is 6.21 Å². The molecule has 0 saturated carbocycles. The average Bonchev–Trinajstić information content (AvgIpc) is 2.68. The molecule has 0 fully saturated rings. The Labute approximate surface area is 157 Å². The molecule has 1 N–H and O–H groups in total. The first-order valence-corrected chi connectivity index (χ1v) is 8.47. The van der Waals surface area contributed by atoms with Gasteiger partial charge in [0.1, 0.15) is 18.2 Å². The van der Waals surface area contributed by atoms with E-state index in [4.69, 9.17) is 4.74 Å². The summed E-state index contributed by atoms with van der Waals surface area (Å²) in [4.78, 5) is 12.1. The van der Waals surface area contributed by atoms with E-state index < -0.39 is 0 Å². The van der Waals surface area contributed by atoms with E-state index in [0.717, 1.165) is 5.56 Å². The topological polar surface area (TPSA) is 50.7 Å². The Morgan fingerprint density at radius 3 is 2.52 bits per heavy atom. The molecule has 5 heteroatoms. The lowest BCUT2D eigenvalue weighted by Crippen LogP contribution is -2.17. The Balaban J connectivity index is 1.53. The quantitative estimate of drug-likeness (QED) is 0.519. The summed E-state index contributed by atoms with van der Waals surface area (Å²) in [6.45, 7) is 2.50. The number of hydrogen-bond donors (Lipinski definition) is 1. The Hall–Kier alpha value is -3.47. The van der Waals surface area contributed by atoms with Gasteiger partial charge in [0.25, 0.3) is 5.91 Å². The summed E-state index contributed by atoms with van der Waals surface area (Å²) >= 11 is 0. The van der Waals surface area contributed by atoms with Crippen LogP contribution in [0.2, 0.25) is 0 Å². The predicted octanol–water partition coefficient (Wildman–Crippen LogP) is 4.48. The molecule has 0 heterocycles. The van der Waals surface area contributed by atoms with Crippen molar-refractivity contribution in [2.75, 3.05) is 0 Å². The van der Waals surface area contributed by atoms with Crippen LogP contribution < -0.4 is 10.2 Å². The van der Waals surface area contributed by atoms with Gasteiger partial charge >= 0.3 is 0 Å². The number of amides is 1. The Bertz CT molecular complexity index is 935. The molecule has 3 aromatic rings. The minimum atomic E-state index is -0.355. The smallest absolute Gasteiger partial charge is 0.271 e. The van der Waals surface area contributed by atoms with Crippen LogP contribution in [-0.2, 0) is 6.61 Å². The molecular formula is C22H19FN2O2. The molecule has 0 aromatic heterocycles. The molecule has 0 aliphatic rings. The van der Waals surface area contributed by atoms with Crippen LogP contribution in [0.4, 0.5) is 4.39 Å². The Morgan fingerprint density at radius 2 is 1.81 bits per heavy atom. The van der Waals surface area contributed by atoms with E-state index in [1.165, 1.54) is 23.9 Å². The highest BCUT2D eigenvalue weighted by Crippen LogP contribution is 2.14. The molecule has 1 amide bonds.